The van der Waals surface area contributed by atoms with Crippen LogP contribution in [0.2, 0.25) is 0 Å². The van der Waals surface area contributed by atoms with Crippen LogP contribution in [0.25, 0.3) is 0 Å². The molecular weight excluding hydrogens is 184 g/mol. The molecule has 1 amide bonds. The van der Waals surface area contributed by atoms with Gasteiger partial charge in [0.05, 0.1) is 18.8 Å². The largest absolute Gasteiger partial charge is 0.485 e. The van der Waals surface area contributed by atoms with Gasteiger partial charge < -0.3 is 15.2 Å². The van der Waals surface area contributed by atoms with Gasteiger partial charge in [-0.15, -0.1) is 0 Å². The smallest absolute Gasteiger partial charge is 0.254 e. The molecule has 0 spiro atoms. The van der Waals surface area contributed by atoms with Crippen LogP contribution in [0.5, 0.6) is 5.75 Å². The molecule has 5 heteroatoms. The first-order valence-corrected chi connectivity index (χ1v) is 4.25. The van der Waals surface area contributed by atoms with Gasteiger partial charge in [-0.05, 0) is 6.07 Å². The molecule has 1 saturated heterocycles. The number of nitrogens with two attached hydrogens (primary N) is 1. The molecule has 74 valence electrons. The fourth-order valence-electron chi connectivity index (χ4n) is 1.13. The highest BCUT2D eigenvalue weighted by molar-refractivity contribution is 5.95. The molecule has 2 rings (SSSR count). The minimum Gasteiger partial charge on any atom is -0.485 e. The van der Waals surface area contributed by atoms with E-state index in [-0.39, 0.29) is 6.10 Å². The van der Waals surface area contributed by atoms with Crippen molar-refractivity contribution in [2.24, 2.45) is 5.73 Å². The van der Waals surface area contributed by atoms with E-state index in [0.717, 1.165) is 0 Å². The fraction of sp³-hybridized carbons (Fsp3) is 0.333. The van der Waals surface area contributed by atoms with Crippen LogP contribution < -0.4 is 10.5 Å². The lowest BCUT2D eigenvalue weighted by Crippen LogP contribution is -2.39. The highest BCUT2D eigenvalue weighted by atomic mass is 16.6. The zero-order chi connectivity index (χ0) is 9.97. The molecule has 1 fully saturated rings. The van der Waals surface area contributed by atoms with E-state index in [2.05, 4.69) is 4.98 Å². The summed E-state index contributed by atoms with van der Waals surface area (Å²) < 4.78 is 10.4. The average Bonchev–Trinajstić information content (AvgIpc) is 2.12. The molecule has 5 nitrogen and oxygen atoms in total. The Bertz CT molecular complexity index is 350. The monoisotopic (exact) mass is 194 g/mol. The second-order valence-electron chi connectivity index (χ2n) is 3.01. The first kappa shape index (κ1) is 8.96. The molecule has 0 radical (unpaired) electrons. The summed E-state index contributed by atoms with van der Waals surface area (Å²) in [6.07, 6.45) is 2.98. The molecule has 2 N–H and O–H groups in total. The first-order valence-electron chi connectivity index (χ1n) is 4.25. The van der Waals surface area contributed by atoms with Crippen molar-refractivity contribution >= 4 is 5.91 Å². The van der Waals surface area contributed by atoms with Gasteiger partial charge in [-0.2, -0.15) is 0 Å². The van der Waals surface area contributed by atoms with Crippen LogP contribution in [0.4, 0.5) is 0 Å². The Morgan fingerprint density at radius 3 is 3.00 bits per heavy atom. The zero-order valence-electron chi connectivity index (χ0n) is 7.47. The van der Waals surface area contributed by atoms with Crippen molar-refractivity contribution in [2.75, 3.05) is 13.2 Å². The summed E-state index contributed by atoms with van der Waals surface area (Å²) in [6.45, 7) is 1.11. The number of carbonyl (C=O) groups is 1. The molecule has 1 aromatic heterocycles. The third kappa shape index (κ3) is 1.67. The van der Waals surface area contributed by atoms with E-state index < -0.39 is 5.91 Å². The number of amides is 1. The lowest BCUT2D eigenvalue weighted by molar-refractivity contribution is -0.0798. The standard InChI is InChI=1S/C9H10N2O3/c10-9(12)7-3-11-2-1-8(7)14-6-4-13-5-6/h1-3,6H,4-5H2,(H2,10,12). The van der Waals surface area contributed by atoms with Crippen LogP contribution in [0.1, 0.15) is 10.4 Å². The van der Waals surface area contributed by atoms with Gasteiger partial charge in [-0.25, -0.2) is 0 Å². The van der Waals surface area contributed by atoms with Crippen LogP contribution >= 0.6 is 0 Å². The molecule has 2 heterocycles. The lowest BCUT2D eigenvalue weighted by Gasteiger charge is -2.27. The number of nitrogens with zero attached hydrogens (tertiary/aromatic N) is 1. The SMILES string of the molecule is NC(=O)c1cnccc1OC1COC1. The summed E-state index contributed by atoms with van der Waals surface area (Å²) in [6, 6.07) is 1.62. The molecular formula is C9H10N2O3. The molecule has 1 aromatic rings. The summed E-state index contributed by atoms with van der Waals surface area (Å²) in [5.74, 6) is -0.0610. The molecule has 0 bridgehead atoms. The summed E-state index contributed by atoms with van der Waals surface area (Å²) in [5.41, 5.74) is 5.46. The predicted molar refractivity (Wildman–Crippen MR) is 48.0 cm³/mol. The Morgan fingerprint density at radius 1 is 1.64 bits per heavy atom. The molecule has 0 atom stereocenters. The summed E-state index contributed by atoms with van der Waals surface area (Å²) >= 11 is 0. The van der Waals surface area contributed by atoms with Gasteiger partial charge in [0.1, 0.15) is 11.9 Å². The van der Waals surface area contributed by atoms with E-state index in [1.165, 1.54) is 6.20 Å². The van der Waals surface area contributed by atoms with Gasteiger partial charge in [0.15, 0.2) is 0 Å². The number of aromatic nitrogens is 1. The number of hydrogen-bond acceptors (Lipinski definition) is 4. The summed E-state index contributed by atoms with van der Waals surface area (Å²) in [7, 11) is 0. The minimum absolute atomic E-state index is 0.0236. The van der Waals surface area contributed by atoms with Gasteiger partial charge in [-0.3, -0.25) is 9.78 Å². The number of rotatable bonds is 3. The Balaban J connectivity index is 2.17. The van der Waals surface area contributed by atoms with E-state index >= 15 is 0 Å². The summed E-state index contributed by atoms with van der Waals surface area (Å²) in [4.78, 5) is 14.8. The molecule has 1 aliphatic heterocycles. The average molecular weight is 194 g/mol. The quantitative estimate of drug-likeness (QED) is 0.732. The maximum absolute atomic E-state index is 11.0. The zero-order valence-corrected chi connectivity index (χ0v) is 7.47. The van der Waals surface area contributed by atoms with E-state index in [4.69, 9.17) is 15.2 Å². The van der Waals surface area contributed by atoms with Crippen molar-refractivity contribution in [1.29, 1.82) is 0 Å². The third-order valence-corrected chi connectivity index (χ3v) is 1.95. The molecule has 14 heavy (non-hydrogen) atoms. The van der Waals surface area contributed by atoms with Crippen molar-refractivity contribution in [3.05, 3.63) is 24.0 Å². The number of ether oxygens (including phenoxy) is 2. The van der Waals surface area contributed by atoms with Crippen LogP contribution in [0, 0.1) is 0 Å². The van der Waals surface area contributed by atoms with Crippen LogP contribution in [0.15, 0.2) is 18.5 Å². The lowest BCUT2D eigenvalue weighted by atomic mass is 10.2. The van der Waals surface area contributed by atoms with Crippen LogP contribution in [-0.2, 0) is 4.74 Å². The van der Waals surface area contributed by atoms with E-state index in [9.17, 15) is 4.79 Å². The van der Waals surface area contributed by atoms with Gasteiger partial charge >= 0.3 is 0 Å². The maximum Gasteiger partial charge on any atom is 0.254 e. The minimum atomic E-state index is -0.534. The second-order valence-corrected chi connectivity index (χ2v) is 3.01. The van der Waals surface area contributed by atoms with Gasteiger partial charge in [0.25, 0.3) is 5.91 Å². The van der Waals surface area contributed by atoms with Crippen molar-refractivity contribution in [3.8, 4) is 5.75 Å². The van der Waals surface area contributed by atoms with E-state index in [1.54, 1.807) is 12.3 Å². The Morgan fingerprint density at radius 2 is 2.43 bits per heavy atom. The first-order chi connectivity index (χ1) is 6.77. The van der Waals surface area contributed by atoms with Crippen molar-refractivity contribution in [2.45, 2.75) is 6.10 Å². The summed E-state index contributed by atoms with van der Waals surface area (Å²) in [5, 5.41) is 0. The van der Waals surface area contributed by atoms with Crippen LogP contribution in [-0.4, -0.2) is 30.2 Å². The predicted octanol–water partition coefficient (Wildman–Crippen LogP) is -0.0419. The van der Waals surface area contributed by atoms with Gasteiger partial charge in [-0.1, -0.05) is 0 Å². The number of hydrogen-bond donors (Lipinski definition) is 1. The van der Waals surface area contributed by atoms with E-state index in [1.807, 2.05) is 0 Å². The van der Waals surface area contributed by atoms with Gasteiger partial charge in [0.2, 0.25) is 0 Å². The Labute approximate surface area is 80.8 Å². The highest BCUT2D eigenvalue weighted by Crippen LogP contribution is 2.19. The Kier molecular flexibility index (Phi) is 2.32. The van der Waals surface area contributed by atoms with E-state index in [0.29, 0.717) is 24.5 Å². The molecule has 0 aliphatic carbocycles. The molecule has 0 unspecified atom stereocenters. The fourth-order valence-corrected chi connectivity index (χ4v) is 1.13. The van der Waals surface area contributed by atoms with Gasteiger partial charge in [0, 0.05) is 12.4 Å². The maximum atomic E-state index is 11.0. The molecule has 1 aliphatic rings. The van der Waals surface area contributed by atoms with Crippen molar-refractivity contribution in [3.63, 3.8) is 0 Å². The Hall–Kier alpha value is -1.62. The molecule has 0 saturated carbocycles. The number of carbonyl (C=O) groups excluding carboxylic acids is 1. The number of pyridine rings is 1. The number of primary amides is 1. The molecule has 0 aromatic carbocycles. The third-order valence-electron chi connectivity index (χ3n) is 1.95. The normalized spacial score (nSPS) is 16.0. The highest BCUT2D eigenvalue weighted by Gasteiger charge is 2.22. The topological polar surface area (TPSA) is 74.4 Å². The van der Waals surface area contributed by atoms with Crippen molar-refractivity contribution < 1.29 is 14.3 Å². The second kappa shape index (κ2) is 3.63. The van der Waals surface area contributed by atoms with Crippen LogP contribution in [0.3, 0.4) is 0 Å². The van der Waals surface area contributed by atoms with Crippen molar-refractivity contribution in [1.82, 2.24) is 4.98 Å².